The predicted molar refractivity (Wildman–Crippen MR) is 81.5 cm³/mol. The molecule has 1 unspecified atom stereocenters. The summed E-state index contributed by atoms with van der Waals surface area (Å²) in [5, 5.41) is 1.01. The maximum absolute atomic E-state index is 5.70. The Morgan fingerprint density at radius 2 is 1.85 bits per heavy atom. The van der Waals surface area contributed by atoms with Gasteiger partial charge in [-0.25, -0.2) is 4.98 Å². The lowest BCUT2D eigenvalue weighted by Crippen LogP contribution is -2.14. The highest BCUT2D eigenvalue weighted by Crippen LogP contribution is 2.34. The van der Waals surface area contributed by atoms with E-state index in [0.717, 1.165) is 40.1 Å². The molecule has 0 radical (unpaired) electrons. The van der Waals surface area contributed by atoms with Crippen molar-refractivity contribution in [3.8, 4) is 11.5 Å². The number of aromatic nitrogens is 1. The molecule has 108 valence electrons. The van der Waals surface area contributed by atoms with Crippen molar-refractivity contribution >= 4 is 10.9 Å². The molecule has 0 aliphatic heterocycles. The molecule has 0 saturated carbocycles. The maximum atomic E-state index is 5.70. The number of fused-ring (bicyclic) bond motifs is 1. The van der Waals surface area contributed by atoms with E-state index in [1.165, 1.54) is 0 Å². The van der Waals surface area contributed by atoms with E-state index in [4.69, 9.17) is 20.2 Å². The van der Waals surface area contributed by atoms with Gasteiger partial charge in [-0.1, -0.05) is 6.92 Å². The van der Waals surface area contributed by atoms with Crippen LogP contribution in [0.4, 0.5) is 0 Å². The Hall–Kier alpha value is -1.81. The van der Waals surface area contributed by atoms with Crippen molar-refractivity contribution < 1.29 is 9.47 Å². The van der Waals surface area contributed by atoms with Crippen LogP contribution in [0.2, 0.25) is 0 Å². The van der Waals surface area contributed by atoms with Gasteiger partial charge in [-0.2, -0.15) is 0 Å². The van der Waals surface area contributed by atoms with Crippen molar-refractivity contribution in [2.45, 2.75) is 20.3 Å². The molecule has 1 aromatic carbocycles. The topological polar surface area (TPSA) is 57.4 Å². The van der Waals surface area contributed by atoms with Crippen molar-refractivity contribution in [1.82, 2.24) is 4.98 Å². The lowest BCUT2D eigenvalue weighted by Gasteiger charge is -2.14. The third kappa shape index (κ3) is 2.70. The average molecular weight is 274 g/mol. The molecule has 1 heterocycles. The van der Waals surface area contributed by atoms with Crippen LogP contribution in [0, 0.1) is 12.8 Å². The molecule has 2 rings (SSSR count). The first-order valence-electron chi connectivity index (χ1n) is 6.82. The molecule has 2 N–H and O–H groups in total. The number of methoxy groups -OCH3 is 2. The number of hydrogen-bond donors (Lipinski definition) is 1. The Morgan fingerprint density at radius 3 is 2.45 bits per heavy atom. The minimum absolute atomic E-state index is 0.413. The van der Waals surface area contributed by atoms with E-state index in [1.807, 2.05) is 12.1 Å². The zero-order valence-corrected chi connectivity index (χ0v) is 12.6. The standard InChI is InChI=1S/C16H22N2O2/c1-10(9-17)7-12-8-11(2)15-13(19-3)5-6-14(20-4)16(15)18-12/h5-6,8,10H,7,9,17H2,1-4H3. The first kappa shape index (κ1) is 14.6. The summed E-state index contributed by atoms with van der Waals surface area (Å²) in [4.78, 5) is 4.74. The quantitative estimate of drug-likeness (QED) is 0.910. The van der Waals surface area contributed by atoms with Crippen LogP contribution in [-0.2, 0) is 6.42 Å². The molecule has 0 aliphatic rings. The minimum Gasteiger partial charge on any atom is -0.496 e. The second-order valence-electron chi connectivity index (χ2n) is 5.17. The second-order valence-corrected chi connectivity index (χ2v) is 5.17. The van der Waals surface area contributed by atoms with Crippen LogP contribution < -0.4 is 15.2 Å². The molecule has 20 heavy (non-hydrogen) atoms. The number of aryl methyl sites for hydroxylation is 1. The van der Waals surface area contributed by atoms with Gasteiger partial charge in [0.25, 0.3) is 0 Å². The van der Waals surface area contributed by atoms with Crippen LogP contribution in [0.25, 0.3) is 10.9 Å². The molecule has 0 aliphatic carbocycles. The zero-order chi connectivity index (χ0) is 14.7. The second kappa shape index (κ2) is 6.09. The Balaban J connectivity index is 2.62. The number of nitrogens with zero attached hydrogens (tertiary/aromatic N) is 1. The van der Waals surface area contributed by atoms with E-state index >= 15 is 0 Å². The summed E-state index contributed by atoms with van der Waals surface area (Å²) in [6, 6.07) is 5.91. The summed E-state index contributed by atoms with van der Waals surface area (Å²) in [5.41, 5.74) is 8.74. The molecular weight excluding hydrogens is 252 g/mol. The molecule has 0 saturated heterocycles. The molecule has 1 aromatic heterocycles. The molecule has 1 atom stereocenters. The van der Waals surface area contributed by atoms with Crippen molar-refractivity contribution in [2.24, 2.45) is 11.7 Å². The van der Waals surface area contributed by atoms with Crippen molar-refractivity contribution in [3.63, 3.8) is 0 Å². The summed E-state index contributed by atoms with van der Waals surface area (Å²) < 4.78 is 10.9. The van der Waals surface area contributed by atoms with E-state index in [2.05, 4.69) is 19.9 Å². The summed E-state index contributed by atoms with van der Waals surface area (Å²) in [6.07, 6.45) is 0.869. The van der Waals surface area contributed by atoms with Crippen molar-refractivity contribution in [2.75, 3.05) is 20.8 Å². The van der Waals surface area contributed by atoms with Crippen LogP contribution in [-0.4, -0.2) is 25.7 Å². The van der Waals surface area contributed by atoms with Gasteiger partial charge >= 0.3 is 0 Å². The molecule has 0 bridgehead atoms. The normalized spacial score (nSPS) is 12.4. The van der Waals surface area contributed by atoms with Gasteiger partial charge in [-0.05, 0) is 49.6 Å². The Kier molecular flexibility index (Phi) is 4.45. The zero-order valence-electron chi connectivity index (χ0n) is 12.6. The molecule has 4 heteroatoms. The molecule has 0 amide bonds. The summed E-state index contributed by atoms with van der Waals surface area (Å²) >= 11 is 0. The van der Waals surface area contributed by atoms with Crippen LogP contribution in [0.15, 0.2) is 18.2 Å². The third-order valence-corrected chi connectivity index (χ3v) is 3.54. The van der Waals surface area contributed by atoms with Crippen LogP contribution in [0.3, 0.4) is 0 Å². The monoisotopic (exact) mass is 274 g/mol. The van der Waals surface area contributed by atoms with Gasteiger partial charge < -0.3 is 15.2 Å². The highest BCUT2D eigenvalue weighted by molar-refractivity contribution is 5.92. The largest absolute Gasteiger partial charge is 0.496 e. The number of benzene rings is 1. The summed E-state index contributed by atoms with van der Waals surface area (Å²) in [6.45, 7) is 4.86. The Morgan fingerprint density at radius 1 is 1.20 bits per heavy atom. The average Bonchev–Trinajstić information content (AvgIpc) is 2.45. The van der Waals surface area contributed by atoms with Gasteiger partial charge in [-0.15, -0.1) is 0 Å². The molecule has 2 aromatic rings. The van der Waals surface area contributed by atoms with Crippen LogP contribution in [0.5, 0.6) is 11.5 Å². The van der Waals surface area contributed by atoms with Gasteiger partial charge in [0.05, 0.1) is 14.2 Å². The van der Waals surface area contributed by atoms with E-state index < -0.39 is 0 Å². The minimum atomic E-state index is 0.413. The first-order chi connectivity index (χ1) is 9.60. The molecule has 0 fully saturated rings. The third-order valence-electron chi connectivity index (χ3n) is 3.54. The Bertz CT molecular complexity index is 611. The van der Waals surface area contributed by atoms with Crippen LogP contribution in [0.1, 0.15) is 18.2 Å². The van der Waals surface area contributed by atoms with E-state index in [9.17, 15) is 0 Å². The predicted octanol–water partition coefficient (Wildman–Crippen LogP) is 2.70. The van der Waals surface area contributed by atoms with Crippen LogP contribution >= 0.6 is 0 Å². The molecule has 4 nitrogen and oxygen atoms in total. The number of pyridine rings is 1. The SMILES string of the molecule is COc1ccc(OC)c2c(C)cc(CC(C)CN)nc12. The fraction of sp³-hybridized carbons (Fsp3) is 0.438. The van der Waals surface area contributed by atoms with Gasteiger partial charge in [0, 0.05) is 11.1 Å². The van der Waals surface area contributed by atoms with Gasteiger partial charge in [0.2, 0.25) is 0 Å². The highest BCUT2D eigenvalue weighted by Gasteiger charge is 2.13. The highest BCUT2D eigenvalue weighted by atomic mass is 16.5. The fourth-order valence-electron chi connectivity index (χ4n) is 2.42. The lowest BCUT2D eigenvalue weighted by atomic mass is 10.0. The van der Waals surface area contributed by atoms with Gasteiger partial charge in [0.1, 0.15) is 17.0 Å². The first-order valence-corrected chi connectivity index (χ1v) is 6.82. The van der Waals surface area contributed by atoms with E-state index in [-0.39, 0.29) is 0 Å². The smallest absolute Gasteiger partial charge is 0.145 e. The summed E-state index contributed by atoms with van der Waals surface area (Å²) in [7, 11) is 3.33. The lowest BCUT2D eigenvalue weighted by molar-refractivity contribution is 0.409. The van der Waals surface area contributed by atoms with Gasteiger partial charge in [0.15, 0.2) is 0 Å². The fourth-order valence-corrected chi connectivity index (χ4v) is 2.42. The number of hydrogen-bond acceptors (Lipinski definition) is 4. The van der Waals surface area contributed by atoms with Crippen molar-refractivity contribution in [1.29, 1.82) is 0 Å². The number of nitrogens with two attached hydrogens (primary N) is 1. The Labute approximate surface area is 119 Å². The molecular formula is C16H22N2O2. The van der Waals surface area contributed by atoms with Gasteiger partial charge in [-0.3, -0.25) is 0 Å². The number of ether oxygens (including phenoxy) is 2. The number of rotatable bonds is 5. The van der Waals surface area contributed by atoms with E-state index in [0.29, 0.717) is 12.5 Å². The van der Waals surface area contributed by atoms with E-state index in [1.54, 1.807) is 14.2 Å². The maximum Gasteiger partial charge on any atom is 0.145 e. The van der Waals surface area contributed by atoms with Crippen molar-refractivity contribution in [3.05, 3.63) is 29.5 Å². The summed E-state index contributed by atoms with van der Waals surface area (Å²) in [5.74, 6) is 2.01. The molecule has 0 spiro atoms.